The van der Waals surface area contributed by atoms with Crippen molar-refractivity contribution in [1.29, 1.82) is 0 Å². The fourth-order valence-electron chi connectivity index (χ4n) is 3.60. The lowest BCUT2D eigenvalue weighted by atomic mass is 9.78. The highest BCUT2D eigenvalue weighted by Gasteiger charge is 2.59. The zero-order chi connectivity index (χ0) is 21.9. The third kappa shape index (κ3) is 3.54. The zero-order valence-electron chi connectivity index (χ0n) is 17.0. The van der Waals surface area contributed by atoms with Crippen molar-refractivity contribution in [3.8, 4) is 5.75 Å². The molecule has 0 saturated heterocycles. The van der Waals surface area contributed by atoms with Crippen molar-refractivity contribution in [2.75, 3.05) is 19.4 Å². The first-order valence-corrected chi connectivity index (χ1v) is 11.1. The first-order chi connectivity index (χ1) is 13.2. The molecule has 3 N–H and O–H groups in total. The Morgan fingerprint density at radius 2 is 1.69 bits per heavy atom. The van der Waals surface area contributed by atoms with Crippen LogP contribution < -0.4 is 10.6 Å². The zero-order valence-corrected chi connectivity index (χ0v) is 18.6. The Balaban J connectivity index is 1.90. The molecular weight excluding hydrogens is 418 g/mol. The fourth-order valence-corrected chi connectivity index (χ4v) is 5.08. The number of sulfonamides is 1. The van der Waals surface area contributed by atoms with Gasteiger partial charge in [-0.25, -0.2) is 12.7 Å². The number of carbonyl (C=O) groups excluding carboxylic acids is 2. The molecule has 10 heteroatoms. The number of benzene rings is 1. The van der Waals surface area contributed by atoms with Gasteiger partial charge in [-0.2, -0.15) is 0 Å². The summed E-state index contributed by atoms with van der Waals surface area (Å²) in [5.41, 5.74) is -0.297. The van der Waals surface area contributed by atoms with E-state index in [2.05, 4.69) is 31.4 Å². The van der Waals surface area contributed by atoms with Crippen molar-refractivity contribution in [1.82, 2.24) is 9.62 Å². The highest BCUT2D eigenvalue weighted by molar-refractivity contribution is 7.89. The molecule has 0 aliphatic heterocycles. The molecule has 2 saturated carbocycles. The molecule has 2 atom stereocenters. The molecule has 1 aromatic rings. The molecule has 0 spiro atoms. The number of phenols is 1. The molecule has 2 fully saturated rings. The maximum Gasteiger partial charge on any atom is 0.247 e. The van der Waals surface area contributed by atoms with Gasteiger partial charge < -0.3 is 10.4 Å². The maximum absolute atomic E-state index is 12.5. The second-order valence-corrected chi connectivity index (χ2v) is 11.4. The van der Waals surface area contributed by atoms with Gasteiger partial charge in [-0.1, -0.05) is 32.4 Å². The number of aromatic hydroxyl groups is 1. The lowest BCUT2D eigenvalue weighted by Gasteiger charge is -2.41. The molecule has 0 bridgehead atoms. The standard InChI is InChI=1S/C19H26ClN3O5S/c1-18(2,3)19(8-9-19)22-13-12(15(25)16(13)26)21-11-7-6-10(20)17(14(11)24)29(27,28)23(4)5/h6-7,12-13,21-22,24H,8-9H2,1-5H3. The number of halogens is 1. The van der Waals surface area contributed by atoms with E-state index in [0.717, 1.165) is 17.1 Å². The van der Waals surface area contributed by atoms with Gasteiger partial charge in [0.1, 0.15) is 17.0 Å². The normalized spacial score (nSPS) is 23.8. The molecule has 160 valence electrons. The number of carbonyl (C=O) groups is 2. The van der Waals surface area contributed by atoms with Crippen LogP contribution in [0.5, 0.6) is 5.75 Å². The Labute approximate surface area is 175 Å². The summed E-state index contributed by atoms with van der Waals surface area (Å²) in [6.45, 7) is 6.22. The van der Waals surface area contributed by atoms with E-state index < -0.39 is 44.3 Å². The average molecular weight is 444 g/mol. The molecule has 2 aliphatic rings. The minimum absolute atomic E-state index is 0.0214. The second-order valence-electron chi connectivity index (χ2n) is 8.86. The maximum atomic E-state index is 12.5. The van der Waals surface area contributed by atoms with Crippen LogP contribution in [0.1, 0.15) is 33.6 Å². The monoisotopic (exact) mass is 443 g/mol. The lowest BCUT2D eigenvalue weighted by molar-refractivity contribution is -0.146. The van der Waals surface area contributed by atoms with Gasteiger partial charge in [0.15, 0.2) is 5.75 Å². The Bertz CT molecular complexity index is 980. The Morgan fingerprint density at radius 3 is 2.17 bits per heavy atom. The van der Waals surface area contributed by atoms with Gasteiger partial charge in [-0.3, -0.25) is 14.9 Å². The summed E-state index contributed by atoms with van der Waals surface area (Å²) in [6.07, 6.45) is 1.80. The molecule has 0 aromatic heterocycles. The van der Waals surface area contributed by atoms with E-state index in [0.29, 0.717) is 0 Å². The molecule has 8 nitrogen and oxygen atoms in total. The largest absolute Gasteiger partial charge is 0.504 e. The van der Waals surface area contributed by atoms with Crippen LogP contribution in [-0.4, -0.2) is 61.1 Å². The molecule has 2 aliphatic carbocycles. The molecule has 1 aromatic carbocycles. The summed E-state index contributed by atoms with van der Waals surface area (Å²) in [6, 6.07) is 1.07. The first kappa shape index (κ1) is 22.0. The van der Waals surface area contributed by atoms with Crippen LogP contribution in [-0.2, 0) is 19.6 Å². The number of hydrogen-bond donors (Lipinski definition) is 3. The van der Waals surface area contributed by atoms with Crippen molar-refractivity contribution in [2.24, 2.45) is 5.41 Å². The fraction of sp³-hybridized carbons (Fsp3) is 0.579. The van der Waals surface area contributed by atoms with Gasteiger partial charge in [-0.15, -0.1) is 0 Å². The number of rotatable bonds is 6. The molecular formula is C19H26ClN3O5S. The van der Waals surface area contributed by atoms with Crippen molar-refractivity contribution >= 4 is 38.9 Å². The Morgan fingerprint density at radius 1 is 1.14 bits per heavy atom. The van der Waals surface area contributed by atoms with E-state index in [1.54, 1.807) is 0 Å². The second kappa shape index (κ2) is 6.94. The van der Waals surface area contributed by atoms with E-state index in [1.165, 1.54) is 26.2 Å². The predicted molar refractivity (Wildman–Crippen MR) is 110 cm³/mol. The van der Waals surface area contributed by atoms with Crippen LogP contribution in [0.15, 0.2) is 17.0 Å². The third-order valence-electron chi connectivity index (χ3n) is 5.89. The van der Waals surface area contributed by atoms with E-state index in [9.17, 15) is 23.1 Å². The highest BCUT2D eigenvalue weighted by Crippen LogP contribution is 2.50. The van der Waals surface area contributed by atoms with Gasteiger partial charge in [0.25, 0.3) is 0 Å². The van der Waals surface area contributed by atoms with Crippen LogP contribution in [0, 0.1) is 5.41 Å². The van der Waals surface area contributed by atoms with Crippen molar-refractivity contribution in [3.63, 3.8) is 0 Å². The van der Waals surface area contributed by atoms with Crippen LogP contribution in [0.4, 0.5) is 5.69 Å². The Hall–Kier alpha value is -1.68. The van der Waals surface area contributed by atoms with Crippen molar-refractivity contribution in [2.45, 2.75) is 56.1 Å². The molecule has 0 heterocycles. The minimum atomic E-state index is -4.02. The van der Waals surface area contributed by atoms with E-state index >= 15 is 0 Å². The first-order valence-electron chi connectivity index (χ1n) is 9.29. The average Bonchev–Trinajstić information content (AvgIpc) is 3.40. The third-order valence-corrected chi connectivity index (χ3v) is 8.21. The molecule has 3 rings (SSSR count). The summed E-state index contributed by atoms with van der Waals surface area (Å²) in [5, 5.41) is 16.6. The lowest BCUT2D eigenvalue weighted by Crippen LogP contribution is -2.70. The number of nitrogens with zero attached hydrogens (tertiary/aromatic N) is 1. The molecule has 2 unspecified atom stereocenters. The number of ketones is 2. The van der Waals surface area contributed by atoms with Crippen LogP contribution in [0.3, 0.4) is 0 Å². The van der Waals surface area contributed by atoms with Gasteiger partial charge in [0, 0.05) is 19.6 Å². The summed E-state index contributed by atoms with van der Waals surface area (Å²) in [7, 11) is -1.38. The van der Waals surface area contributed by atoms with E-state index in [1.807, 2.05) is 0 Å². The Kier molecular flexibility index (Phi) is 5.27. The van der Waals surface area contributed by atoms with Gasteiger partial charge >= 0.3 is 0 Å². The number of anilines is 1. The minimum Gasteiger partial charge on any atom is -0.504 e. The van der Waals surface area contributed by atoms with Gasteiger partial charge in [0.05, 0.1) is 10.7 Å². The van der Waals surface area contributed by atoms with E-state index in [4.69, 9.17) is 11.6 Å². The van der Waals surface area contributed by atoms with Crippen molar-refractivity contribution in [3.05, 3.63) is 17.2 Å². The number of nitrogens with one attached hydrogen (secondary N) is 2. The molecule has 0 amide bonds. The smallest absolute Gasteiger partial charge is 0.247 e. The summed E-state index contributed by atoms with van der Waals surface area (Å²) in [5.74, 6) is -1.72. The topological polar surface area (TPSA) is 116 Å². The van der Waals surface area contributed by atoms with Crippen LogP contribution in [0.25, 0.3) is 0 Å². The molecule has 29 heavy (non-hydrogen) atoms. The van der Waals surface area contributed by atoms with Gasteiger partial charge in [-0.05, 0) is 30.4 Å². The number of Topliss-reactive ketones (excluding diaryl/α,β-unsaturated/α-hetero) is 2. The van der Waals surface area contributed by atoms with Crippen molar-refractivity contribution < 1.29 is 23.1 Å². The summed E-state index contributed by atoms with van der Waals surface area (Å²) in [4.78, 5) is 24.0. The SMILES string of the molecule is CN(C)S(=O)(=O)c1c(Cl)ccc(NC2C(=O)C(=O)C2NC2(C(C)(C)C)CC2)c1O. The highest BCUT2D eigenvalue weighted by atomic mass is 35.5. The summed E-state index contributed by atoms with van der Waals surface area (Å²) < 4.78 is 25.9. The van der Waals surface area contributed by atoms with Crippen LogP contribution in [0.2, 0.25) is 5.02 Å². The molecule has 0 radical (unpaired) electrons. The summed E-state index contributed by atoms with van der Waals surface area (Å²) >= 11 is 6.01. The van der Waals surface area contributed by atoms with Gasteiger partial charge in [0.2, 0.25) is 21.6 Å². The van der Waals surface area contributed by atoms with E-state index in [-0.39, 0.29) is 21.7 Å². The number of hydrogen-bond acceptors (Lipinski definition) is 7. The predicted octanol–water partition coefficient (Wildman–Crippen LogP) is 1.77. The quantitative estimate of drug-likeness (QED) is 0.453. The van der Waals surface area contributed by atoms with Crippen LogP contribution >= 0.6 is 11.6 Å². The number of phenolic OH excluding ortho intramolecular Hbond substituents is 1.